The minimum atomic E-state index is -0.369. The highest BCUT2D eigenvalue weighted by Gasteiger charge is 2.50. The Kier molecular flexibility index (Phi) is 2.45. The molecule has 1 fully saturated rings. The average Bonchev–Trinajstić information content (AvgIpc) is 3.14. The molecule has 1 saturated heterocycles. The largest absolute Gasteiger partial charge is 0.369 e. The second-order valence-corrected chi connectivity index (χ2v) is 5.04. The Morgan fingerprint density at radius 1 is 1.61 bits per heavy atom. The Hall–Kier alpha value is -1.75. The maximum atomic E-state index is 11.0. The van der Waals surface area contributed by atoms with Gasteiger partial charge in [-0.05, 0) is 30.4 Å². The quantitative estimate of drug-likeness (QED) is 0.457. The van der Waals surface area contributed by atoms with Crippen LogP contribution in [0.3, 0.4) is 0 Å². The number of hydrogen-bond acceptors (Lipinski definition) is 4. The fourth-order valence-electron chi connectivity index (χ4n) is 2.61. The summed E-state index contributed by atoms with van der Waals surface area (Å²) < 4.78 is 5.52. The van der Waals surface area contributed by atoms with Crippen molar-refractivity contribution in [3.8, 4) is 0 Å². The molecule has 2 atom stereocenters. The molecule has 1 aromatic rings. The number of pyridine rings is 1. The van der Waals surface area contributed by atoms with E-state index in [1.807, 2.05) is 0 Å². The molecular formula is C13H14N2O3. The summed E-state index contributed by atoms with van der Waals surface area (Å²) in [6.45, 7) is 2.96. The highest BCUT2D eigenvalue weighted by atomic mass is 16.6. The smallest absolute Gasteiger partial charge is 0.294 e. The van der Waals surface area contributed by atoms with Crippen LogP contribution in [-0.4, -0.2) is 22.1 Å². The van der Waals surface area contributed by atoms with Crippen LogP contribution in [0.25, 0.3) is 5.57 Å². The molecule has 5 heteroatoms. The molecule has 0 bridgehead atoms. The minimum Gasteiger partial charge on any atom is -0.369 e. The standard InChI is InChI=1S/C13H14N2O3/c1-9-6-10(2-4-13(9)8-18-13)11-3-5-14-7-12(11)15(16)17/h2-3,5,7,9H,4,6,8H2,1H3/t9-,13+/m0/s1. The molecule has 0 saturated carbocycles. The van der Waals surface area contributed by atoms with Crippen LogP contribution in [0, 0.1) is 16.0 Å². The molecular weight excluding hydrogens is 232 g/mol. The van der Waals surface area contributed by atoms with Crippen molar-refractivity contribution in [1.29, 1.82) is 0 Å². The minimum absolute atomic E-state index is 0.0192. The van der Waals surface area contributed by atoms with Gasteiger partial charge in [0, 0.05) is 6.20 Å². The first-order valence-corrected chi connectivity index (χ1v) is 6.04. The number of hydrogen-bond donors (Lipinski definition) is 0. The lowest BCUT2D eigenvalue weighted by Gasteiger charge is -2.25. The molecule has 2 heterocycles. The van der Waals surface area contributed by atoms with Crippen molar-refractivity contribution in [1.82, 2.24) is 4.98 Å². The maximum absolute atomic E-state index is 11.0. The van der Waals surface area contributed by atoms with Gasteiger partial charge in [0.1, 0.15) is 6.20 Å². The molecule has 2 aliphatic rings. The number of nitro groups is 1. The second kappa shape index (κ2) is 3.88. The van der Waals surface area contributed by atoms with E-state index in [0.29, 0.717) is 11.5 Å². The lowest BCUT2D eigenvalue weighted by Crippen LogP contribution is -2.25. The zero-order valence-corrected chi connectivity index (χ0v) is 10.1. The van der Waals surface area contributed by atoms with Crippen LogP contribution in [0.4, 0.5) is 5.69 Å². The van der Waals surface area contributed by atoms with Crippen LogP contribution in [0.2, 0.25) is 0 Å². The van der Waals surface area contributed by atoms with E-state index >= 15 is 0 Å². The fraction of sp³-hybridized carbons (Fsp3) is 0.462. The summed E-state index contributed by atoms with van der Waals surface area (Å²) in [5.74, 6) is 0.408. The molecule has 0 N–H and O–H groups in total. The van der Waals surface area contributed by atoms with Crippen LogP contribution in [0.15, 0.2) is 24.5 Å². The van der Waals surface area contributed by atoms with Gasteiger partial charge in [0.05, 0.1) is 22.7 Å². The van der Waals surface area contributed by atoms with E-state index in [1.165, 1.54) is 6.20 Å². The zero-order chi connectivity index (χ0) is 12.8. The third-order valence-electron chi connectivity index (χ3n) is 3.98. The molecule has 0 unspecified atom stereocenters. The topological polar surface area (TPSA) is 68.6 Å². The number of nitrogens with zero attached hydrogens (tertiary/aromatic N) is 2. The van der Waals surface area contributed by atoms with Crippen molar-refractivity contribution in [3.63, 3.8) is 0 Å². The highest BCUT2D eigenvalue weighted by molar-refractivity contribution is 5.73. The summed E-state index contributed by atoms with van der Waals surface area (Å²) in [6.07, 6.45) is 6.67. The molecule has 3 rings (SSSR count). The number of aromatic nitrogens is 1. The Bertz CT molecular complexity index is 535. The van der Waals surface area contributed by atoms with Crippen LogP contribution in [0.5, 0.6) is 0 Å². The van der Waals surface area contributed by atoms with Crippen molar-refractivity contribution < 1.29 is 9.66 Å². The molecule has 1 aromatic heterocycles. The van der Waals surface area contributed by atoms with Crippen molar-refractivity contribution in [2.75, 3.05) is 6.61 Å². The third kappa shape index (κ3) is 1.71. The average molecular weight is 246 g/mol. The third-order valence-corrected chi connectivity index (χ3v) is 3.98. The summed E-state index contributed by atoms with van der Waals surface area (Å²) in [4.78, 5) is 14.5. The molecule has 1 aliphatic carbocycles. The van der Waals surface area contributed by atoms with Gasteiger partial charge in [0.15, 0.2) is 0 Å². The molecule has 18 heavy (non-hydrogen) atoms. The summed E-state index contributed by atoms with van der Waals surface area (Å²) >= 11 is 0. The lowest BCUT2D eigenvalue weighted by molar-refractivity contribution is -0.385. The summed E-state index contributed by atoms with van der Waals surface area (Å²) in [5.41, 5.74) is 1.84. The van der Waals surface area contributed by atoms with Crippen molar-refractivity contribution in [3.05, 3.63) is 40.2 Å². The van der Waals surface area contributed by atoms with E-state index in [-0.39, 0.29) is 16.2 Å². The van der Waals surface area contributed by atoms with Gasteiger partial charge in [-0.1, -0.05) is 13.0 Å². The van der Waals surface area contributed by atoms with Crippen LogP contribution in [0.1, 0.15) is 25.3 Å². The molecule has 5 nitrogen and oxygen atoms in total. The van der Waals surface area contributed by atoms with Crippen LogP contribution < -0.4 is 0 Å². The van der Waals surface area contributed by atoms with Gasteiger partial charge >= 0.3 is 0 Å². The summed E-state index contributed by atoms with van der Waals surface area (Å²) in [6, 6.07) is 1.72. The van der Waals surface area contributed by atoms with E-state index in [0.717, 1.165) is 25.0 Å². The maximum Gasteiger partial charge on any atom is 0.294 e. The molecule has 1 aliphatic heterocycles. The van der Waals surface area contributed by atoms with Gasteiger partial charge in [-0.15, -0.1) is 0 Å². The van der Waals surface area contributed by atoms with E-state index in [1.54, 1.807) is 12.3 Å². The van der Waals surface area contributed by atoms with Gasteiger partial charge in [-0.3, -0.25) is 15.1 Å². The van der Waals surface area contributed by atoms with Crippen LogP contribution in [-0.2, 0) is 4.74 Å². The first-order chi connectivity index (χ1) is 8.62. The SMILES string of the molecule is C[C@H]1CC(c2ccncc2[N+](=O)[O-])=CC[C@@]12CO2. The predicted octanol–water partition coefficient (Wildman–Crippen LogP) is 2.57. The zero-order valence-electron chi connectivity index (χ0n) is 10.1. The molecule has 0 aromatic carbocycles. The highest BCUT2D eigenvalue weighted by Crippen LogP contribution is 2.47. The van der Waals surface area contributed by atoms with E-state index in [4.69, 9.17) is 4.74 Å². The van der Waals surface area contributed by atoms with Gasteiger partial charge < -0.3 is 4.74 Å². The second-order valence-electron chi connectivity index (χ2n) is 5.04. The molecule has 0 amide bonds. The predicted molar refractivity (Wildman–Crippen MR) is 65.9 cm³/mol. The number of ether oxygens (including phenoxy) is 1. The van der Waals surface area contributed by atoms with Crippen molar-refractivity contribution in [2.45, 2.75) is 25.4 Å². The van der Waals surface area contributed by atoms with Crippen LogP contribution >= 0.6 is 0 Å². The van der Waals surface area contributed by atoms with E-state index in [9.17, 15) is 10.1 Å². The molecule has 1 spiro atoms. The Labute approximate surface area is 105 Å². The normalized spacial score (nSPS) is 30.1. The number of rotatable bonds is 2. The summed E-state index contributed by atoms with van der Waals surface area (Å²) in [5, 5.41) is 11.0. The molecule has 94 valence electrons. The Morgan fingerprint density at radius 2 is 2.39 bits per heavy atom. The van der Waals surface area contributed by atoms with Gasteiger partial charge in [-0.25, -0.2) is 0 Å². The first kappa shape index (κ1) is 11.3. The number of allylic oxidation sites excluding steroid dienone is 1. The molecule has 0 radical (unpaired) electrons. The van der Waals surface area contributed by atoms with Gasteiger partial charge in [-0.2, -0.15) is 0 Å². The van der Waals surface area contributed by atoms with Gasteiger partial charge in [0.25, 0.3) is 5.69 Å². The van der Waals surface area contributed by atoms with E-state index in [2.05, 4.69) is 18.0 Å². The Balaban J connectivity index is 1.96. The van der Waals surface area contributed by atoms with E-state index < -0.39 is 0 Å². The summed E-state index contributed by atoms with van der Waals surface area (Å²) in [7, 11) is 0. The van der Waals surface area contributed by atoms with Crippen molar-refractivity contribution >= 4 is 11.3 Å². The first-order valence-electron chi connectivity index (χ1n) is 6.04. The monoisotopic (exact) mass is 246 g/mol. The van der Waals surface area contributed by atoms with Crippen molar-refractivity contribution in [2.24, 2.45) is 5.92 Å². The Morgan fingerprint density at radius 3 is 3.00 bits per heavy atom. The number of epoxide rings is 1. The fourth-order valence-corrected chi connectivity index (χ4v) is 2.61. The lowest BCUT2D eigenvalue weighted by atomic mass is 9.79. The van der Waals surface area contributed by atoms with Gasteiger partial charge in [0.2, 0.25) is 0 Å².